The molecular weight excluding hydrogens is 134 g/mol. The van der Waals surface area contributed by atoms with Crippen molar-refractivity contribution in [1.82, 2.24) is 5.32 Å². The highest BCUT2D eigenvalue weighted by atomic mass is 14.8. The number of allylic oxidation sites excluding steroid dienone is 3. The molecule has 0 fully saturated rings. The van der Waals surface area contributed by atoms with E-state index in [4.69, 9.17) is 0 Å². The summed E-state index contributed by atoms with van der Waals surface area (Å²) in [5, 5.41) is 3.06. The summed E-state index contributed by atoms with van der Waals surface area (Å²) in [6.45, 7) is 3.14. The Morgan fingerprint density at radius 1 is 1.00 bits per heavy atom. The van der Waals surface area contributed by atoms with Crippen LogP contribution in [-0.2, 0) is 0 Å². The van der Waals surface area contributed by atoms with Crippen molar-refractivity contribution in [3.63, 3.8) is 0 Å². The topological polar surface area (TPSA) is 12.0 Å². The van der Waals surface area contributed by atoms with Crippen LogP contribution in [0.1, 0.15) is 26.2 Å². The minimum absolute atomic E-state index is 0.984. The standard InChI is InChI=1S/C10H19N/c1-3-4-5-6-7-8-9-10-11-2/h4-5,8-9,11H,3,6-7,10H2,1-2H3/b5-4-,9-8+. The van der Waals surface area contributed by atoms with Crippen molar-refractivity contribution in [2.75, 3.05) is 13.6 Å². The Balaban J connectivity index is 3.06. The van der Waals surface area contributed by atoms with Gasteiger partial charge in [-0.1, -0.05) is 31.2 Å². The summed E-state index contributed by atoms with van der Waals surface area (Å²) in [4.78, 5) is 0. The quantitative estimate of drug-likeness (QED) is 0.456. The van der Waals surface area contributed by atoms with E-state index in [2.05, 4.69) is 36.5 Å². The fraction of sp³-hybridized carbons (Fsp3) is 0.600. The lowest BCUT2D eigenvalue weighted by molar-refractivity contribution is 0.910. The van der Waals surface area contributed by atoms with E-state index in [9.17, 15) is 0 Å². The smallest absolute Gasteiger partial charge is 0.0131 e. The first kappa shape index (κ1) is 10.4. The molecule has 1 nitrogen and oxygen atoms in total. The monoisotopic (exact) mass is 153 g/mol. The molecule has 1 heteroatoms. The van der Waals surface area contributed by atoms with Gasteiger partial charge in [-0.15, -0.1) is 0 Å². The highest BCUT2D eigenvalue weighted by molar-refractivity contribution is 4.88. The number of hydrogen-bond acceptors (Lipinski definition) is 1. The summed E-state index contributed by atoms with van der Waals surface area (Å²) in [5.41, 5.74) is 0. The Labute approximate surface area is 70.2 Å². The van der Waals surface area contributed by atoms with Crippen LogP contribution in [0.5, 0.6) is 0 Å². The van der Waals surface area contributed by atoms with Crippen LogP contribution in [0.2, 0.25) is 0 Å². The third-order valence-electron chi connectivity index (χ3n) is 1.39. The second-order valence-electron chi connectivity index (χ2n) is 2.49. The van der Waals surface area contributed by atoms with E-state index in [0.29, 0.717) is 0 Å². The first-order valence-electron chi connectivity index (χ1n) is 4.36. The normalized spacial score (nSPS) is 11.8. The van der Waals surface area contributed by atoms with Crippen LogP contribution in [-0.4, -0.2) is 13.6 Å². The van der Waals surface area contributed by atoms with Crippen molar-refractivity contribution in [3.05, 3.63) is 24.3 Å². The van der Waals surface area contributed by atoms with Gasteiger partial charge in [0.25, 0.3) is 0 Å². The average molecular weight is 153 g/mol. The van der Waals surface area contributed by atoms with Gasteiger partial charge in [0.05, 0.1) is 0 Å². The third-order valence-corrected chi connectivity index (χ3v) is 1.39. The first-order valence-corrected chi connectivity index (χ1v) is 4.36. The van der Waals surface area contributed by atoms with Gasteiger partial charge in [-0.2, -0.15) is 0 Å². The molecule has 11 heavy (non-hydrogen) atoms. The lowest BCUT2D eigenvalue weighted by atomic mass is 10.2. The highest BCUT2D eigenvalue weighted by Gasteiger charge is 1.75. The van der Waals surface area contributed by atoms with Crippen molar-refractivity contribution in [2.24, 2.45) is 0 Å². The lowest BCUT2D eigenvalue weighted by Crippen LogP contribution is -2.03. The minimum Gasteiger partial charge on any atom is -0.316 e. The fourth-order valence-corrected chi connectivity index (χ4v) is 0.796. The number of nitrogens with one attached hydrogen (secondary N) is 1. The van der Waals surface area contributed by atoms with Gasteiger partial charge in [-0.25, -0.2) is 0 Å². The van der Waals surface area contributed by atoms with Crippen LogP contribution in [0.15, 0.2) is 24.3 Å². The highest BCUT2D eigenvalue weighted by Crippen LogP contribution is 1.93. The second-order valence-corrected chi connectivity index (χ2v) is 2.49. The van der Waals surface area contributed by atoms with Gasteiger partial charge in [-0.3, -0.25) is 0 Å². The molecule has 0 bridgehead atoms. The Morgan fingerprint density at radius 2 is 1.64 bits per heavy atom. The van der Waals surface area contributed by atoms with E-state index in [1.807, 2.05) is 7.05 Å². The molecular formula is C10H19N. The van der Waals surface area contributed by atoms with Crippen molar-refractivity contribution in [2.45, 2.75) is 26.2 Å². The molecule has 0 rings (SSSR count). The molecule has 0 heterocycles. The zero-order valence-corrected chi connectivity index (χ0v) is 7.64. The number of unbranched alkanes of at least 4 members (excludes halogenated alkanes) is 1. The molecule has 0 aliphatic heterocycles. The SMILES string of the molecule is CC/C=C\CC/C=C/CNC. The minimum atomic E-state index is 0.984. The second kappa shape index (κ2) is 9.44. The maximum atomic E-state index is 3.06. The van der Waals surface area contributed by atoms with E-state index in [1.54, 1.807) is 0 Å². The molecule has 0 radical (unpaired) electrons. The Kier molecular flexibility index (Phi) is 8.96. The molecule has 0 aliphatic rings. The Morgan fingerprint density at radius 3 is 2.18 bits per heavy atom. The van der Waals surface area contributed by atoms with E-state index in [-0.39, 0.29) is 0 Å². The van der Waals surface area contributed by atoms with Gasteiger partial charge in [0, 0.05) is 6.54 Å². The zero-order chi connectivity index (χ0) is 8.36. The molecule has 1 N–H and O–H groups in total. The van der Waals surface area contributed by atoms with Crippen molar-refractivity contribution in [3.8, 4) is 0 Å². The predicted octanol–water partition coefficient (Wildman–Crippen LogP) is 2.51. The van der Waals surface area contributed by atoms with Gasteiger partial charge < -0.3 is 5.32 Å². The maximum Gasteiger partial charge on any atom is 0.0131 e. The summed E-state index contributed by atoms with van der Waals surface area (Å²) in [6.07, 6.45) is 12.3. The van der Waals surface area contributed by atoms with Gasteiger partial charge >= 0.3 is 0 Å². The molecule has 0 atom stereocenters. The molecule has 0 aromatic heterocycles. The summed E-state index contributed by atoms with van der Waals surface area (Å²) < 4.78 is 0. The first-order chi connectivity index (χ1) is 5.41. The predicted molar refractivity (Wildman–Crippen MR) is 51.7 cm³/mol. The van der Waals surface area contributed by atoms with Crippen LogP contribution >= 0.6 is 0 Å². The fourth-order valence-electron chi connectivity index (χ4n) is 0.796. The van der Waals surface area contributed by atoms with Crippen LogP contribution in [0.4, 0.5) is 0 Å². The molecule has 0 aliphatic carbocycles. The molecule has 64 valence electrons. The zero-order valence-electron chi connectivity index (χ0n) is 7.64. The van der Waals surface area contributed by atoms with E-state index >= 15 is 0 Å². The van der Waals surface area contributed by atoms with Gasteiger partial charge in [0.15, 0.2) is 0 Å². The summed E-state index contributed by atoms with van der Waals surface area (Å²) in [5.74, 6) is 0. The number of hydrogen-bond donors (Lipinski definition) is 1. The number of rotatable bonds is 6. The van der Waals surface area contributed by atoms with Gasteiger partial charge in [0.2, 0.25) is 0 Å². The van der Waals surface area contributed by atoms with Crippen LogP contribution in [0.3, 0.4) is 0 Å². The molecule has 0 saturated carbocycles. The molecule has 0 unspecified atom stereocenters. The van der Waals surface area contributed by atoms with Gasteiger partial charge in [0.1, 0.15) is 0 Å². The van der Waals surface area contributed by atoms with Crippen LogP contribution in [0, 0.1) is 0 Å². The maximum absolute atomic E-state index is 3.06. The average Bonchev–Trinajstić information content (AvgIpc) is 2.03. The molecule has 0 amide bonds. The van der Waals surface area contributed by atoms with E-state index in [1.165, 1.54) is 6.42 Å². The van der Waals surface area contributed by atoms with Gasteiger partial charge in [-0.05, 0) is 26.3 Å². The Bertz CT molecular complexity index is 114. The van der Waals surface area contributed by atoms with Crippen molar-refractivity contribution >= 4 is 0 Å². The molecule has 0 spiro atoms. The lowest BCUT2D eigenvalue weighted by Gasteiger charge is -1.88. The summed E-state index contributed by atoms with van der Waals surface area (Å²) in [7, 11) is 1.96. The molecule has 0 aromatic carbocycles. The Hall–Kier alpha value is -0.560. The van der Waals surface area contributed by atoms with E-state index < -0.39 is 0 Å². The van der Waals surface area contributed by atoms with E-state index in [0.717, 1.165) is 19.4 Å². The number of likely N-dealkylation sites (N-methyl/N-ethyl adjacent to an activating group) is 1. The van der Waals surface area contributed by atoms with Crippen molar-refractivity contribution in [1.29, 1.82) is 0 Å². The van der Waals surface area contributed by atoms with Crippen LogP contribution < -0.4 is 5.32 Å². The molecule has 0 aromatic rings. The largest absolute Gasteiger partial charge is 0.316 e. The van der Waals surface area contributed by atoms with Crippen LogP contribution in [0.25, 0.3) is 0 Å². The molecule has 0 saturated heterocycles. The summed E-state index contributed by atoms with van der Waals surface area (Å²) in [6, 6.07) is 0. The third kappa shape index (κ3) is 9.44. The summed E-state index contributed by atoms with van der Waals surface area (Å²) >= 11 is 0. The van der Waals surface area contributed by atoms with Crippen molar-refractivity contribution < 1.29 is 0 Å².